The maximum atomic E-state index is 10.9. The molecule has 48 heavy (non-hydrogen) atoms. The van der Waals surface area contributed by atoms with E-state index in [1.807, 2.05) is 24.3 Å². The molecule has 244 valence electrons. The van der Waals surface area contributed by atoms with Gasteiger partial charge < -0.3 is 9.67 Å². The van der Waals surface area contributed by atoms with Crippen LogP contribution in [0.5, 0.6) is 5.75 Å². The summed E-state index contributed by atoms with van der Waals surface area (Å²) in [6.07, 6.45) is 0. The number of aromatic nitrogens is 3. The zero-order valence-electron chi connectivity index (χ0n) is 28.2. The summed E-state index contributed by atoms with van der Waals surface area (Å²) < 4.78 is 2.28. The van der Waals surface area contributed by atoms with Crippen molar-refractivity contribution in [1.82, 2.24) is 14.5 Å². The molecule has 0 saturated carbocycles. The van der Waals surface area contributed by atoms with Crippen molar-refractivity contribution in [2.45, 2.75) is 59.3 Å². The maximum Gasteiger partial charge on any atom is 0.124 e. The first-order valence-corrected chi connectivity index (χ1v) is 16.6. The van der Waals surface area contributed by atoms with Gasteiger partial charge in [-0.15, -0.1) is 24.3 Å². The molecule has 0 spiro atoms. The van der Waals surface area contributed by atoms with Crippen LogP contribution in [0.4, 0.5) is 0 Å². The van der Waals surface area contributed by atoms with Crippen molar-refractivity contribution in [1.29, 1.82) is 0 Å². The number of para-hydroxylation sites is 3. The summed E-state index contributed by atoms with van der Waals surface area (Å²) in [5.41, 5.74) is 11.0. The molecule has 0 fully saturated rings. The Labute approximate surface area is 297 Å². The molecular weight excluding hydrogens is 770 g/mol. The molecule has 0 atom stereocenters. The number of pyridine rings is 1. The smallest absolute Gasteiger partial charge is 0.124 e. The van der Waals surface area contributed by atoms with Crippen LogP contribution in [0.25, 0.3) is 61.4 Å². The van der Waals surface area contributed by atoms with Crippen molar-refractivity contribution in [3.63, 3.8) is 0 Å². The number of fused-ring (bicyclic) bond motifs is 2. The Hall–Kier alpha value is -4.53. The third-order valence-corrected chi connectivity index (χ3v) is 9.11. The van der Waals surface area contributed by atoms with Gasteiger partial charge in [0.25, 0.3) is 0 Å². The number of phenolic OH excluding ortho intramolecular Hbond substituents is 1. The molecular formula is C43H40N3OPt-. The van der Waals surface area contributed by atoms with E-state index in [0.29, 0.717) is 23.3 Å². The van der Waals surface area contributed by atoms with Gasteiger partial charge in [0.05, 0.1) is 22.6 Å². The number of phenols is 1. The molecule has 0 amide bonds. The zero-order chi connectivity index (χ0) is 32.8. The summed E-state index contributed by atoms with van der Waals surface area (Å²) >= 11 is 0. The summed E-state index contributed by atoms with van der Waals surface area (Å²) in [6.45, 7) is 13.4. The minimum atomic E-state index is 0. The monoisotopic (exact) mass is 809 g/mol. The van der Waals surface area contributed by atoms with E-state index in [-0.39, 0.29) is 26.8 Å². The van der Waals surface area contributed by atoms with E-state index in [1.165, 1.54) is 16.7 Å². The van der Waals surface area contributed by atoms with E-state index < -0.39 is 0 Å². The summed E-state index contributed by atoms with van der Waals surface area (Å²) in [5.74, 6) is 2.23. The molecule has 0 aliphatic carbocycles. The first-order valence-electron chi connectivity index (χ1n) is 16.6. The van der Waals surface area contributed by atoms with Crippen LogP contribution >= 0.6 is 0 Å². The van der Waals surface area contributed by atoms with Crippen LogP contribution in [0.1, 0.15) is 76.0 Å². The molecule has 0 aliphatic rings. The zero-order valence-corrected chi connectivity index (χ0v) is 30.5. The Morgan fingerprint density at radius 1 is 0.625 bits per heavy atom. The first-order chi connectivity index (χ1) is 22.7. The van der Waals surface area contributed by atoms with Crippen LogP contribution in [0, 0.1) is 6.07 Å². The van der Waals surface area contributed by atoms with E-state index in [1.54, 1.807) is 6.07 Å². The molecule has 2 aromatic heterocycles. The second kappa shape index (κ2) is 13.5. The van der Waals surface area contributed by atoms with E-state index in [2.05, 4.69) is 131 Å². The van der Waals surface area contributed by atoms with Crippen molar-refractivity contribution in [3.05, 3.63) is 132 Å². The number of hydrogen-bond acceptors (Lipinski definition) is 3. The van der Waals surface area contributed by atoms with Gasteiger partial charge in [-0.1, -0.05) is 107 Å². The van der Waals surface area contributed by atoms with Crippen LogP contribution in [-0.2, 0) is 21.1 Å². The molecule has 0 bridgehead atoms. The van der Waals surface area contributed by atoms with E-state index in [4.69, 9.17) is 9.97 Å². The minimum absolute atomic E-state index is 0. The average Bonchev–Trinajstić information content (AvgIpc) is 3.47. The number of aromatic hydroxyl groups is 1. The quantitative estimate of drug-likeness (QED) is 0.163. The Morgan fingerprint density at radius 3 is 2.00 bits per heavy atom. The molecule has 0 aliphatic heterocycles. The minimum Gasteiger partial charge on any atom is -0.507 e. The fourth-order valence-electron chi connectivity index (χ4n) is 6.32. The summed E-state index contributed by atoms with van der Waals surface area (Å²) in [6, 6.07) is 41.3. The van der Waals surface area contributed by atoms with Crippen LogP contribution in [0.3, 0.4) is 0 Å². The number of imidazole rings is 1. The van der Waals surface area contributed by atoms with Crippen LogP contribution in [0.15, 0.2) is 109 Å². The van der Waals surface area contributed by atoms with Crippen molar-refractivity contribution in [2.75, 3.05) is 0 Å². The van der Waals surface area contributed by atoms with Crippen molar-refractivity contribution in [3.8, 4) is 45.3 Å². The van der Waals surface area contributed by atoms with E-state index in [9.17, 15) is 5.11 Å². The van der Waals surface area contributed by atoms with Gasteiger partial charge in [0.1, 0.15) is 5.75 Å². The Balaban J connectivity index is 0.00000401. The van der Waals surface area contributed by atoms with Gasteiger partial charge in [0, 0.05) is 43.4 Å². The molecule has 5 aromatic carbocycles. The number of nitrogens with zero attached hydrogens (tertiary/aromatic N) is 3. The van der Waals surface area contributed by atoms with E-state index >= 15 is 0 Å². The Bertz CT molecular complexity index is 2240. The van der Waals surface area contributed by atoms with Crippen molar-refractivity contribution in [2.24, 2.45) is 0 Å². The van der Waals surface area contributed by atoms with Crippen LogP contribution < -0.4 is 0 Å². The van der Waals surface area contributed by atoms with Crippen molar-refractivity contribution >= 4 is 21.8 Å². The Morgan fingerprint density at radius 2 is 1.29 bits per heavy atom. The average molecular weight is 810 g/mol. The topological polar surface area (TPSA) is 50.9 Å². The molecule has 5 heteroatoms. The summed E-state index contributed by atoms with van der Waals surface area (Å²) in [7, 11) is 0. The van der Waals surface area contributed by atoms with Gasteiger partial charge in [-0.2, -0.15) is 0 Å². The standard InChI is InChI=1S/C43H40N3O.Pt/c1-26(2)29-18-19-36-34(20-29)25-39(44-42(36)37-14-7-10-17-41(37)47)30-12-11-13-31(21-30)43-45-38-15-8-9-16-40(38)46(43)35-23-32(27(3)4)22-33(24-35)28(5)6;/h7-20,22-28,47H,1-6H3;/q-1;. The third kappa shape index (κ3) is 6.22. The molecule has 1 N–H and O–H groups in total. The SMILES string of the molecule is CC(C)c1cc(C(C)C)cc(-n2c(-c3[c-]c(-c4cc5cc(C(C)C)ccc5c(-c5ccccc5O)n4)ccc3)nc3ccccc32)c1.[Pt]. The molecule has 0 unspecified atom stereocenters. The molecule has 0 saturated heterocycles. The second-order valence-corrected chi connectivity index (χ2v) is 13.4. The van der Waals surface area contributed by atoms with Gasteiger partial charge in [-0.3, -0.25) is 9.97 Å². The summed E-state index contributed by atoms with van der Waals surface area (Å²) in [5, 5.41) is 13.0. The largest absolute Gasteiger partial charge is 0.507 e. The normalized spacial score (nSPS) is 11.6. The number of hydrogen-bond donors (Lipinski definition) is 1. The van der Waals surface area contributed by atoms with Gasteiger partial charge in [-0.05, 0) is 76.2 Å². The molecule has 2 heterocycles. The second-order valence-electron chi connectivity index (χ2n) is 13.4. The van der Waals surface area contributed by atoms with Gasteiger partial charge >= 0.3 is 0 Å². The fraction of sp³-hybridized carbons (Fsp3) is 0.209. The summed E-state index contributed by atoms with van der Waals surface area (Å²) in [4.78, 5) is 10.4. The molecule has 7 rings (SSSR count). The van der Waals surface area contributed by atoms with Gasteiger partial charge in [-0.25, -0.2) is 0 Å². The third-order valence-electron chi connectivity index (χ3n) is 9.11. The predicted molar refractivity (Wildman–Crippen MR) is 195 cm³/mol. The predicted octanol–water partition coefficient (Wildman–Crippen LogP) is 11.4. The Kier molecular flexibility index (Phi) is 9.41. The first kappa shape index (κ1) is 33.4. The number of rotatable bonds is 7. The van der Waals surface area contributed by atoms with Gasteiger partial charge in [0.15, 0.2) is 0 Å². The van der Waals surface area contributed by atoms with Gasteiger partial charge in [0.2, 0.25) is 0 Å². The fourth-order valence-corrected chi connectivity index (χ4v) is 6.32. The molecule has 7 aromatic rings. The number of benzene rings is 5. The van der Waals surface area contributed by atoms with Crippen molar-refractivity contribution < 1.29 is 26.2 Å². The molecule has 4 nitrogen and oxygen atoms in total. The van der Waals surface area contributed by atoms with E-state index in [0.717, 1.165) is 55.8 Å². The molecule has 0 radical (unpaired) electrons. The van der Waals surface area contributed by atoms with Crippen LogP contribution in [0.2, 0.25) is 0 Å². The maximum absolute atomic E-state index is 10.9. The van der Waals surface area contributed by atoms with Crippen LogP contribution in [-0.4, -0.2) is 19.6 Å².